The molecule has 1 aromatic heterocycles. The highest BCUT2D eigenvalue weighted by Gasteiger charge is 2.24. The molecular weight excluding hydrogens is 364 g/mol. The first kappa shape index (κ1) is 19.4. The Kier molecular flexibility index (Phi) is 6.45. The molecule has 1 unspecified atom stereocenters. The summed E-state index contributed by atoms with van der Waals surface area (Å²) in [5.74, 6) is -0.104. The van der Waals surface area contributed by atoms with Crippen molar-refractivity contribution in [2.45, 2.75) is 58.3 Å². The Morgan fingerprint density at radius 3 is 2.67 bits per heavy atom. The maximum absolute atomic E-state index is 12.2. The molecule has 1 fully saturated rings. The third kappa shape index (κ3) is 5.53. The van der Waals surface area contributed by atoms with E-state index in [1.54, 1.807) is 12.3 Å². The average molecular weight is 388 g/mol. The number of hydrogen-bond donors (Lipinski definition) is 1. The third-order valence-electron chi connectivity index (χ3n) is 4.50. The van der Waals surface area contributed by atoms with E-state index in [4.69, 9.17) is 9.47 Å². The van der Waals surface area contributed by atoms with Crippen molar-refractivity contribution in [3.63, 3.8) is 0 Å². The van der Waals surface area contributed by atoms with Crippen molar-refractivity contribution in [2.75, 3.05) is 0 Å². The molecule has 27 heavy (non-hydrogen) atoms. The van der Waals surface area contributed by atoms with Crippen molar-refractivity contribution >= 4 is 23.2 Å². The van der Waals surface area contributed by atoms with Crippen LogP contribution < -0.4 is 10.1 Å². The Morgan fingerprint density at radius 1 is 1.26 bits per heavy atom. The molecule has 2 aromatic rings. The molecule has 0 saturated heterocycles. The van der Waals surface area contributed by atoms with Crippen molar-refractivity contribution in [3.05, 3.63) is 45.9 Å². The summed E-state index contributed by atoms with van der Waals surface area (Å²) in [6, 6.07) is 7.92. The van der Waals surface area contributed by atoms with Gasteiger partial charge >= 0.3 is 5.97 Å². The molecule has 1 aliphatic rings. The van der Waals surface area contributed by atoms with E-state index in [0.717, 1.165) is 37.0 Å². The Balaban J connectivity index is 1.48. The van der Waals surface area contributed by atoms with Crippen molar-refractivity contribution < 1.29 is 19.1 Å². The maximum Gasteiger partial charge on any atom is 0.358 e. The molecule has 3 rings (SSSR count). The van der Waals surface area contributed by atoms with Crippen molar-refractivity contribution in [2.24, 2.45) is 0 Å². The van der Waals surface area contributed by atoms with Gasteiger partial charge in [0.2, 0.25) is 0 Å². The maximum atomic E-state index is 12.2. The predicted octanol–water partition coefficient (Wildman–Crippen LogP) is 3.63. The van der Waals surface area contributed by atoms with E-state index in [-0.39, 0.29) is 24.2 Å². The largest absolute Gasteiger partial charge is 0.486 e. The summed E-state index contributed by atoms with van der Waals surface area (Å²) >= 11 is 1.32. The van der Waals surface area contributed by atoms with Gasteiger partial charge in [-0.15, -0.1) is 11.3 Å². The van der Waals surface area contributed by atoms with Crippen LogP contribution in [0.4, 0.5) is 0 Å². The Labute approximate surface area is 162 Å². The van der Waals surface area contributed by atoms with Crippen LogP contribution in [0.15, 0.2) is 29.6 Å². The summed E-state index contributed by atoms with van der Waals surface area (Å²) in [6.45, 7) is 3.87. The number of carbonyl (C=O) groups is 2. The standard InChI is InChI=1S/C20H24N2O4S/c1-13-7-9-16(10-8-13)25-11-18-22-17(12-27-18)20(24)26-14(2)19(23)21-15-5-3-4-6-15/h7-10,12,14-15H,3-6,11H2,1-2H3,(H,21,23). The lowest BCUT2D eigenvalue weighted by Crippen LogP contribution is -2.40. The molecule has 0 bridgehead atoms. The topological polar surface area (TPSA) is 77.5 Å². The summed E-state index contributed by atoms with van der Waals surface area (Å²) < 4.78 is 10.9. The summed E-state index contributed by atoms with van der Waals surface area (Å²) in [4.78, 5) is 28.6. The van der Waals surface area contributed by atoms with Crippen LogP contribution in [0.5, 0.6) is 5.75 Å². The van der Waals surface area contributed by atoms with Crippen LogP contribution in [-0.4, -0.2) is 29.0 Å². The summed E-state index contributed by atoms with van der Waals surface area (Å²) in [6.07, 6.45) is 3.40. The van der Waals surface area contributed by atoms with Gasteiger partial charge in [0.05, 0.1) is 0 Å². The normalized spacial score (nSPS) is 15.3. The zero-order valence-electron chi connectivity index (χ0n) is 15.6. The number of rotatable bonds is 7. The number of ether oxygens (including phenoxy) is 2. The van der Waals surface area contributed by atoms with Gasteiger partial charge in [-0.25, -0.2) is 9.78 Å². The number of aryl methyl sites for hydroxylation is 1. The first-order chi connectivity index (χ1) is 13.0. The molecule has 0 spiro atoms. The van der Waals surface area contributed by atoms with Gasteiger partial charge in [0, 0.05) is 11.4 Å². The first-order valence-corrected chi connectivity index (χ1v) is 10.0. The van der Waals surface area contributed by atoms with Crippen molar-refractivity contribution in [1.82, 2.24) is 10.3 Å². The van der Waals surface area contributed by atoms with Crippen LogP contribution in [0.1, 0.15) is 53.7 Å². The van der Waals surface area contributed by atoms with Crippen LogP contribution in [0, 0.1) is 6.92 Å². The lowest BCUT2D eigenvalue weighted by molar-refractivity contribution is -0.129. The summed E-state index contributed by atoms with van der Waals surface area (Å²) in [7, 11) is 0. The van der Waals surface area contributed by atoms with Crippen LogP contribution in [0.3, 0.4) is 0 Å². The van der Waals surface area contributed by atoms with Crippen LogP contribution in [0.25, 0.3) is 0 Å². The van der Waals surface area contributed by atoms with Gasteiger partial charge in [-0.1, -0.05) is 30.5 Å². The fraction of sp³-hybridized carbons (Fsp3) is 0.450. The average Bonchev–Trinajstić information content (AvgIpc) is 3.33. The van der Waals surface area contributed by atoms with Gasteiger partial charge in [0.15, 0.2) is 11.8 Å². The Hall–Kier alpha value is -2.41. The highest BCUT2D eigenvalue weighted by molar-refractivity contribution is 7.09. The third-order valence-corrected chi connectivity index (χ3v) is 5.32. The number of esters is 1. The monoisotopic (exact) mass is 388 g/mol. The van der Waals surface area contributed by atoms with Crippen molar-refractivity contribution in [3.8, 4) is 5.75 Å². The molecular formula is C20H24N2O4S. The second-order valence-corrected chi connectivity index (χ2v) is 7.71. The number of benzene rings is 1. The van der Waals surface area contributed by atoms with E-state index in [0.29, 0.717) is 5.01 Å². The number of carbonyl (C=O) groups excluding carboxylic acids is 2. The minimum atomic E-state index is -0.841. The quantitative estimate of drug-likeness (QED) is 0.733. The number of aromatic nitrogens is 1. The second kappa shape index (κ2) is 8.99. The molecule has 6 nitrogen and oxygen atoms in total. The van der Waals surface area contributed by atoms with E-state index in [9.17, 15) is 9.59 Å². The Bertz CT molecular complexity index is 782. The molecule has 1 aliphatic carbocycles. The smallest absolute Gasteiger partial charge is 0.358 e. The summed E-state index contributed by atoms with van der Waals surface area (Å²) in [5, 5.41) is 5.22. The zero-order valence-corrected chi connectivity index (χ0v) is 16.4. The molecule has 1 N–H and O–H groups in total. The number of hydrogen-bond acceptors (Lipinski definition) is 6. The number of amides is 1. The minimum Gasteiger partial charge on any atom is -0.486 e. The molecule has 7 heteroatoms. The Morgan fingerprint density at radius 2 is 1.96 bits per heavy atom. The molecule has 1 amide bonds. The zero-order chi connectivity index (χ0) is 19.2. The number of nitrogens with zero attached hydrogens (tertiary/aromatic N) is 1. The fourth-order valence-electron chi connectivity index (χ4n) is 2.91. The lowest BCUT2D eigenvalue weighted by Gasteiger charge is -2.16. The van der Waals surface area contributed by atoms with E-state index < -0.39 is 12.1 Å². The van der Waals surface area contributed by atoms with Gasteiger partial charge in [0.25, 0.3) is 5.91 Å². The number of nitrogens with one attached hydrogen (secondary N) is 1. The van der Waals surface area contributed by atoms with E-state index >= 15 is 0 Å². The molecule has 1 heterocycles. The molecule has 1 atom stereocenters. The minimum absolute atomic E-state index is 0.197. The molecule has 1 aromatic carbocycles. The van der Waals surface area contributed by atoms with Gasteiger partial charge in [-0.3, -0.25) is 4.79 Å². The van der Waals surface area contributed by atoms with Gasteiger partial charge in [-0.05, 0) is 38.8 Å². The van der Waals surface area contributed by atoms with Gasteiger partial charge in [-0.2, -0.15) is 0 Å². The van der Waals surface area contributed by atoms with Crippen LogP contribution in [0.2, 0.25) is 0 Å². The predicted molar refractivity (Wildman–Crippen MR) is 103 cm³/mol. The van der Waals surface area contributed by atoms with Crippen molar-refractivity contribution in [1.29, 1.82) is 0 Å². The molecule has 0 aliphatic heterocycles. The highest BCUT2D eigenvalue weighted by Crippen LogP contribution is 2.19. The van der Waals surface area contributed by atoms with Gasteiger partial charge < -0.3 is 14.8 Å². The first-order valence-electron chi connectivity index (χ1n) is 9.16. The fourth-order valence-corrected chi connectivity index (χ4v) is 3.59. The SMILES string of the molecule is Cc1ccc(OCc2nc(C(=O)OC(C)C(=O)NC3CCCC3)cs2)cc1. The van der Waals surface area contributed by atoms with E-state index in [2.05, 4.69) is 10.3 Å². The lowest BCUT2D eigenvalue weighted by atomic mass is 10.2. The highest BCUT2D eigenvalue weighted by atomic mass is 32.1. The van der Waals surface area contributed by atoms with Crippen LogP contribution >= 0.6 is 11.3 Å². The van der Waals surface area contributed by atoms with Gasteiger partial charge in [0.1, 0.15) is 17.4 Å². The van der Waals surface area contributed by atoms with E-state index in [1.165, 1.54) is 11.3 Å². The molecule has 144 valence electrons. The summed E-state index contributed by atoms with van der Waals surface area (Å²) in [5.41, 5.74) is 1.36. The van der Waals surface area contributed by atoms with Crippen LogP contribution in [-0.2, 0) is 16.1 Å². The second-order valence-electron chi connectivity index (χ2n) is 6.77. The molecule has 0 radical (unpaired) electrons. The molecule has 1 saturated carbocycles. The number of thiazole rings is 1. The van der Waals surface area contributed by atoms with E-state index in [1.807, 2.05) is 31.2 Å².